The van der Waals surface area contributed by atoms with E-state index in [1.54, 1.807) is 70.4 Å². The van der Waals surface area contributed by atoms with Crippen LogP contribution in [0, 0.1) is 5.82 Å². The first-order valence-electron chi connectivity index (χ1n) is 9.96. The Kier molecular flexibility index (Phi) is 5.07. The molecule has 5 aromatic rings. The third kappa shape index (κ3) is 3.81. The Morgan fingerprint density at radius 2 is 1.97 bits per heavy atom. The molecule has 10 nitrogen and oxygen atoms in total. The highest BCUT2D eigenvalue weighted by molar-refractivity contribution is 5.75. The molecule has 4 aromatic heterocycles. The number of anilines is 2. The van der Waals surface area contributed by atoms with Crippen molar-refractivity contribution in [3.05, 3.63) is 66.8 Å². The Morgan fingerprint density at radius 3 is 2.78 bits per heavy atom. The van der Waals surface area contributed by atoms with Gasteiger partial charge in [0.1, 0.15) is 5.82 Å². The third-order valence-corrected chi connectivity index (χ3v) is 5.01. The molecule has 0 fully saturated rings. The number of rotatable bonds is 7. The van der Waals surface area contributed by atoms with Crippen LogP contribution in [0.5, 0.6) is 0 Å². The summed E-state index contributed by atoms with van der Waals surface area (Å²) < 4.78 is 20.1. The molecule has 0 amide bonds. The van der Waals surface area contributed by atoms with Gasteiger partial charge in [0.25, 0.3) is 0 Å². The van der Waals surface area contributed by atoms with Crippen molar-refractivity contribution in [3.63, 3.8) is 0 Å². The van der Waals surface area contributed by atoms with Gasteiger partial charge < -0.3 is 10.4 Å². The molecule has 5 rings (SSSR count). The van der Waals surface area contributed by atoms with E-state index in [0.29, 0.717) is 40.5 Å². The van der Waals surface area contributed by atoms with Gasteiger partial charge in [-0.2, -0.15) is 20.3 Å². The van der Waals surface area contributed by atoms with Crippen LogP contribution < -0.4 is 5.32 Å². The summed E-state index contributed by atoms with van der Waals surface area (Å²) in [5, 5.41) is 25.5. The summed E-state index contributed by atoms with van der Waals surface area (Å²) in [6, 6.07) is 5.29. The van der Waals surface area contributed by atoms with Crippen LogP contribution in [0.25, 0.3) is 22.2 Å². The SMILES string of the molecule is Cn1cc(-c2cccc(Cn3ncc4cnc(Nc5cnn(CCO)c5)nc43)c2F)cn1. The normalized spacial score (nSPS) is 11.3. The minimum atomic E-state index is -0.312. The summed E-state index contributed by atoms with van der Waals surface area (Å²) in [6.45, 7) is 0.619. The minimum absolute atomic E-state index is 0.00130. The van der Waals surface area contributed by atoms with E-state index in [9.17, 15) is 0 Å². The zero-order chi connectivity index (χ0) is 22.1. The van der Waals surface area contributed by atoms with E-state index in [2.05, 4.69) is 30.6 Å². The predicted molar refractivity (Wildman–Crippen MR) is 116 cm³/mol. The van der Waals surface area contributed by atoms with Crippen LogP contribution in [-0.2, 0) is 20.1 Å². The second-order valence-corrected chi connectivity index (χ2v) is 7.30. The number of halogens is 1. The molecule has 0 aliphatic heterocycles. The lowest BCUT2D eigenvalue weighted by Gasteiger charge is -2.09. The van der Waals surface area contributed by atoms with Gasteiger partial charge in [-0.1, -0.05) is 18.2 Å². The molecule has 0 bridgehead atoms. The number of nitrogens with one attached hydrogen (secondary N) is 1. The number of hydrogen-bond donors (Lipinski definition) is 2. The van der Waals surface area contributed by atoms with Crippen molar-refractivity contribution in [1.82, 2.24) is 39.3 Å². The lowest BCUT2D eigenvalue weighted by molar-refractivity contribution is 0.269. The van der Waals surface area contributed by atoms with E-state index < -0.39 is 0 Å². The van der Waals surface area contributed by atoms with Gasteiger partial charge in [-0.15, -0.1) is 0 Å². The highest BCUT2D eigenvalue weighted by Crippen LogP contribution is 2.25. The second-order valence-electron chi connectivity index (χ2n) is 7.30. The maximum Gasteiger partial charge on any atom is 0.229 e. The van der Waals surface area contributed by atoms with E-state index in [4.69, 9.17) is 5.11 Å². The van der Waals surface area contributed by atoms with Gasteiger partial charge in [-0.3, -0.25) is 9.36 Å². The van der Waals surface area contributed by atoms with Crippen molar-refractivity contribution >= 4 is 22.7 Å². The zero-order valence-corrected chi connectivity index (χ0v) is 17.2. The van der Waals surface area contributed by atoms with Crippen molar-refractivity contribution in [2.45, 2.75) is 13.1 Å². The molecule has 0 aliphatic rings. The largest absolute Gasteiger partial charge is 0.394 e. The molecule has 0 spiro atoms. The standard InChI is InChI=1S/C21H20FN9O/c1-29-11-16(9-24-29)18-4-2-3-14(19(18)22)12-31-20-15(8-26-31)7-23-21(28-20)27-17-10-25-30(13-17)5-6-32/h2-4,7-11,13,32H,5-6,12H2,1H3,(H,23,27,28). The lowest BCUT2D eigenvalue weighted by Crippen LogP contribution is -2.06. The number of aryl methyl sites for hydroxylation is 1. The third-order valence-electron chi connectivity index (χ3n) is 5.01. The maximum absolute atomic E-state index is 15.2. The van der Waals surface area contributed by atoms with Crippen LogP contribution in [-0.4, -0.2) is 51.0 Å². The van der Waals surface area contributed by atoms with Gasteiger partial charge in [0.05, 0.1) is 49.4 Å². The molecule has 1 aromatic carbocycles. The zero-order valence-electron chi connectivity index (χ0n) is 17.2. The first-order chi connectivity index (χ1) is 15.6. The van der Waals surface area contributed by atoms with Crippen molar-refractivity contribution in [2.24, 2.45) is 7.05 Å². The molecule has 0 aliphatic carbocycles. The van der Waals surface area contributed by atoms with Crippen molar-refractivity contribution < 1.29 is 9.50 Å². The minimum Gasteiger partial charge on any atom is -0.394 e. The number of benzene rings is 1. The molecule has 0 unspecified atom stereocenters. The highest BCUT2D eigenvalue weighted by Gasteiger charge is 2.14. The Hall–Kier alpha value is -4.12. The topological polar surface area (TPSA) is 112 Å². The van der Waals surface area contributed by atoms with E-state index in [-0.39, 0.29) is 19.0 Å². The van der Waals surface area contributed by atoms with E-state index in [1.807, 2.05) is 6.07 Å². The predicted octanol–water partition coefficient (Wildman–Crippen LogP) is 2.35. The summed E-state index contributed by atoms with van der Waals surface area (Å²) in [5.41, 5.74) is 2.97. The van der Waals surface area contributed by atoms with Crippen LogP contribution in [0.3, 0.4) is 0 Å². The lowest BCUT2D eigenvalue weighted by atomic mass is 10.1. The molecule has 4 heterocycles. The fourth-order valence-corrected chi connectivity index (χ4v) is 3.47. The average Bonchev–Trinajstić information content (AvgIpc) is 3.51. The second kappa shape index (κ2) is 8.19. The van der Waals surface area contributed by atoms with Crippen LogP contribution in [0.15, 0.2) is 55.4 Å². The van der Waals surface area contributed by atoms with Crippen LogP contribution in [0.1, 0.15) is 5.56 Å². The fourth-order valence-electron chi connectivity index (χ4n) is 3.47. The molecule has 11 heteroatoms. The fraction of sp³-hybridized carbons (Fsp3) is 0.190. The quantitative estimate of drug-likeness (QED) is 0.405. The van der Waals surface area contributed by atoms with Crippen LogP contribution in [0.2, 0.25) is 0 Å². The van der Waals surface area contributed by atoms with Gasteiger partial charge in [-0.05, 0) is 0 Å². The van der Waals surface area contributed by atoms with Crippen molar-refractivity contribution in [3.8, 4) is 11.1 Å². The maximum atomic E-state index is 15.2. The molecular weight excluding hydrogens is 413 g/mol. The molecule has 0 radical (unpaired) electrons. The number of nitrogens with zero attached hydrogens (tertiary/aromatic N) is 8. The Morgan fingerprint density at radius 1 is 1.06 bits per heavy atom. The molecule has 0 saturated heterocycles. The Balaban J connectivity index is 1.43. The van der Waals surface area contributed by atoms with E-state index in [1.165, 1.54) is 0 Å². The highest BCUT2D eigenvalue weighted by atomic mass is 19.1. The summed E-state index contributed by atoms with van der Waals surface area (Å²) >= 11 is 0. The monoisotopic (exact) mass is 433 g/mol. The summed E-state index contributed by atoms with van der Waals surface area (Å²) in [6.07, 6.45) is 10.1. The van der Waals surface area contributed by atoms with Crippen LogP contribution in [0.4, 0.5) is 16.0 Å². The first-order valence-corrected chi connectivity index (χ1v) is 9.96. The van der Waals surface area contributed by atoms with Crippen molar-refractivity contribution in [2.75, 3.05) is 11.9 Å². The molecule has 2 N–H and O–H groups in total. The van der Waals surface area contributed by atoms with E-state index in [0.717, 1.165) is 5.39 Å². The number of aliphatic hydroxyl groups excluding tert-OH is 1. The van der Waals surface area contributed by atoms with Gasteiger partial charge in [-0.25, -0.2) is 14.1 Å². The molecule has 32 heavy (non-hydrogen) atoms. The van der Waals surface area contributed by atoms with Crippen molar-refractivity contribution in [1.29, 1.82) is 0 Å². The number of fused-ring (bicyclic) bond motifs is 1. The van der Waals surface area contributed by atoms with E-state index >= 15 is 4.39 Å². The summed E-state index contributed by atoms with van der Waals surface area (Å²) in [4.78, 5) is 8.86. The smallest absolute Gasteiger partial charge is 0.229 e. The number of hydrogen-bond acceptors (Lipinski definition) is 7. The Labute approximate surface area is 182 Å². The molecule has 0 saturated carbocycles. The van der Waals surface area contributed by atoms with Gasteiger partial charge >= 0.3 is 0 Å². The first kappa shape index (κ1) is 19.8. The van der Waals surface area contributed by atoms with Gasteiger partial charge in [0.2, 0.25) is 5.95 Å². The number of aromatic nitrogens is 8. The van der Waals surface area contributed by atoms with Crippen LogP contribution >= 0.6 is 0 Å². The Bertz CT molecular complexity index is 1390. The molecular formula is C21H20FN9O. The van der Waals surface area contributed by atoms with Gasteiger partial charge in [0.15, 0.2) is 5.65 Å². The summed E-state index contributed by atoms with van der Waals surface area (Å²) in [7, 11) is 1.80. The number of aliphatic hydroxyl groups is 1. The molecule has 0 atom stereocenters. The molecule has 162 valence electrons. The summed E-state index contributed by atoms with van der Waals surface area (Å²) in [5.74, 6) is 0.0558. The van der Waals surface area contributed by atoms with Gasteiger partial charge in [0, 0.05) is 42.3 Å². The average molecular weight is 433 g/mol.